The van der Waals surface area contributed by atoms with Gasteiger partial charge in [0.1, 0.15) is 5.76 Å². The van der Waals surface area contributed by atoms with E-state index in [0.717, 1.165) is 36.8 Å². The molecule has 4 nitrogen and oxygen atoms in total. The normalized spacial score (nSPS) is 13.6. The Morgan fingerprint density at radius 3 is 3.11 bits per heavy atom. The third kappa shape index (κ3) is 1.91. The number of nitrogens with one attached hydrogen (secondary N) is 1. The quantitative estimate of drug-likeness (QED) is 0.875. The molecule has 2 aromatic rings. The van der Waals surface area contributed by atoms with Crippen LogP contribution in [-0.2, 0) is 6.54 Å². The van der Waals surface area contributed by atoms with Crippen LogP contribution in [0, 0.1) is 11.3 Å². The molecule has 1 aliphatic heterocycles. The van der Waals surface area contributed by atoms with E-state index in [4.69, 9.17) is 9.68 Å². The minimum Gasteiger partial charge on any atom is -0.467 e. The summed E-state index contributed by atoms with van der Waals surface area (Å²) in [4.78, 5) is 2.26. The van der Waals surface area contributed by atoms with E-state index < -0.39 is 0 Å². The van der Waals surface area contributed by atoms with Crippen molar-refractivity contribution in [3.63, 3.8) is 0 Å². The summed E-state index contributed by atoms with van der Waals surface area (Å²) in [6.07, 6.45) is 1.69. The molecule has 0 fully saturated rings. The van der Waals surface area contributed by atoms with Crippen molar-refractivity contribution in [2.75, 3.05) is 23.3 Å². The second-order valence-corrected chi connectivity index (χ2v) is 4.27. The summed E-state index contributed by atoms with van der Waals surface area (Å²) < 4.78 is 5.38. The molecule has 0 atom stereocenters. The monoisotopic (exact) mass is 239 g/mol. The van der Waals surface area contributed by atoms with Gasteiger partial charge in [0.05, 0.1) is 35.8 Å². The lowest BCUT2D eigenvalue weighted by atomic mass is 10.1. The number of nitrogens with zero attached hydrogens (tertiary/aromatic N) is 2. The molecule has 90 valence electrons. The van der Waals surface area contributed by atoms with Gasteiger partial charge < -0.3 is 14.6 Å². The lowest BCUT2D eigenvalue weighted by molar-refractivity contribution is 0.502. The molecule has 0 aliphatic carbocycles. The number of fused-ring (bicyclic) bond motifs is 1. The Bertz CT molecular complexity index is 584. The number of furan rings is 1. The second-order valence-electron chi connectivity index (χ2n) is 4.27. The van der Waals surface area contributed by atoms with E-state index in [2.05, 4.69) is 16.3 Å². The third-order valence-corrected chi connectivity index (χ3v) is 3.09. The van der Waals surface area contributed by atoms with Crippen molar-refractivity contribution in [3.8, 4) is 6.07 Å². The minimum atomic E-state index is 0.682. The van der Waals surface area contributed by atoms with E-state index in [-0.39, 0.29) is 0 Å². The molecule has 0 spiro atoms. The first-order valence-corrected chi connectivity index (χ1v) is 5.92. The fourth-order valence-electron chi connectivity index (χ4n) is 2.22. The van der Waals surface area contributed by atoms with E-state index in [1.165, 1.54) is 0 Å². The first kappa shape index (κ1) is 10.7. The zero-order valence-electron chi connectivity index (χ0n) is 9.89. The van der Waals surface area contributed by atoms with Crippen LogP contribution in [0.3, 0.4) is 0 Å². The summed E-state index contributed by atoms with van der Waals surface area (Å²) in [5.74, 6) is 0.951. The first-order chi connectivity index (χ1) is 8.86. The van der Waals surface area contributed by atoms with E-state index in [1.54, 1.807) is 6.26 Å². The van der Waals surface area contributed by atoms with Crippen LogP contribution < -0.4 is 10.2 Å². The molecule has 4 heteroatoms. The zero-order valence-corrected chi connectivity index (χ0v) is 9.89. The van der Waals surface area contributed by atoms with Gasteiger partial charge in [-0.3, -0.25) is 0 Å². The molecule has 1 aliphatic rings. The molecule has 0 radical (unpaired) electrons. The van der Waals surface area contributed by atoms with Crippen LogP contribution in [0.1, 0.15) is 11.3 Å². The maximum atomic E-state index is 8.91. The lowest BCUT2D eigenvalue weighted by Gasteiger charge is -2.31. The smallest absolute Gasteiger partial charge is 0.123 e. The number of anilines is 2. The Morgan fingerprint density at radius 2 is 2.33 bits per heavy atom. The Morgan fingerprint density at radius 1 is 1.39 bits per heavy atom. The molecule has 0 bridgehead atoms. The highest BCUT2D eigenvalue weighted by Gasteiger charge is 2.17. The number of nitriles is 1. The van der Waals surface area contributed by atoms with E-state index in [1.807, 2.05) is 30.3 Å². The zero-order chi connectivity index (χ0) is 12.4. The minimum absolute atomic E-state index is 0.682. The molecule has 1 N–H and O–H groups in total. The Labute approximate surface area is 105 Å². The number of benzene rings is 1. The first-order valence-electron chi connectivity index (χ1n) is 5.92. The van der Waals surface area contributed by atoms with Crippen molar-refractivity contribution >= 4 is 11.4 Å². The van der Waals surface area contributed by atoms with Crippen molar-refractivity contribution in [2.24, 2.45) is 0 Å². The van der Waals surface area contributed by atoms with E-state index in [9.17, 15) is 0 Å². The maximum Gasteiger partial charge on any atom is 0.123 e. The van der Waals surface area contributed by atoms with Gasteiger partial charge in [-0.05, 0) is 30.3 Å². The lowest BCUT2D eigenvalue weighted by Crippen LogP contribution is -2.33. The maximum absolute atomic E-state index is 8.91. The van der Waals surface area contributed by atoms with Gasteiger partial charge in [-0.2, -0.15) is 5.26 Å². The van der Waals surface area contributed by atoms with Gasteiger partial charge in [-0.25, -0.2) is 0 Å². The number of rotatable bonds is 2. The average molecular weight is 239 g/mol. The van der Waals surface area contributed by atoms with Gasteiger partial charge in [-0.1, -0.05) is 0 Å². The molecule has 1 aromatic heterocycles. The topological polar surface area (TPSA) is 52.2 Å². The summed E-state index contributed by atoms with van der Waals surface area (Å²) in [5, 5.41) is 12.2. The highest BCUT2D eigenvalue weighted by Crippen LogP contribution is 2.30. The standard InChI is InChI=1S/C14H13N3O/c15-9-11-3-4-14-13(8-11)16-5-6-17(14)10-12-2-1-7-18-12/h1-4,7-8,16H,5-6,10H2. The second kappa shape index (κ2) is 4.46. The van der Waals surface area contributed by atoms with Crippen LogP contribution in [-0.4, -0.2) is 13.1 Å². The molecular formula is C14H13N3O. The molecule has 3 rings (SSSR count). The number of hydrogen-bond acceptors (Lipinski definition) is 4. The van der Waals surface area contributed by atoms with Gasteiger partial charge >= 0.3 is 0 Å². The molecular weight excluding hydrogens is 226 g/mol. The fourth-order valence-corrected chi connectivity index (χ4v) is 2.22. The van der Waals surface area contributed by atoms with Crippen molar-refractivity contribution in [1.29, 1.82) is 5.26 Å². The summed E-state index contributed by atoms with van der Waals surface area (Å²) >= 11 is 0. The summed E-state index contributed by atoms with van der Waals surface area (Å²) in [7, 11) is 0. The molecule has 2 heterocycles. The molecule has 0 saturated heterocycles. The van der Waals surface area contributed by atoms with Gasteiger partial charge in [0.2, 0.25) is 0 Å². The largest absolute Gasteiger partial charge is 0.467 e. The summed E-state index contributed by atoms with van der Waals surface area (Å²) in [5.41, 5.74) is 2.82. The van der Waals surface area contributed by atoms with Crippen LogP contribution in [0.25, 0.3) is 0 Å². The van der Waals surface area contributed by atoms with Crippen molar-refractivity contribution in [3.05, 3.63) is 47.9 Å². The van der Waals surface area contributed by atoms with Gasteiger partial charge in [-0.15, -0.1) is 0 Å². The van der Waals surface area contributed by atoms with Crippen LogP contribution in [0.5, 0.6) is 0 Å². The fraction of sp³-hybridized carbons (Fsp3) is 0.214. The van der Waals surface area contributed by atoms with Crippen LogP contribution in [0.4, 0.5) is 11.4 Å². The Hall–Kier alpha value is -2.41. The van der Waals surface area contributed by atoms with Gasteiger partial charge in [0, 0.05) is 13.1 Å². The highest BCUT2D eigenvalue weighted by atomic mass is 16.3. The Kier molecular flexibility index (Phi) is 2.66. The highest BCUT2D eigenvalue weighted by molar-refractivity contribution is 5.73. The van der Waals surface area contributed by atoms with E-state index >= 15 is 0 Å². The van der Waals surface area contributed by atoms with Crippen molar-refractivity contribution in [2.45, 2.75) is 6.54 Å². The SMILES string of the molecule is N#Cc1ccc2c(c1)NCCN2Cc1ccco1. The van der Waals surface area contributed by atoms with Gasteiger partial charge in [0.25, 0.3) is 0 Å². The van der Waals surface area contributed by atoms with Crippen molar-refractivity contribution < 1.29 is 4.42 Å². The average Bonchev–Trinajstić information content (AvgIpc) is 2.91. The molecule has 0 amide bonds. The Balaban J connectivity index is 1.90. The van der Waals surface area contributed by atoms with Gasteiger partial charge in [0.15, 0.2) is 0 Å². The van der Waals surface area contributed by atoms with Crippen LogP contribution in [0.15, 0.2) is 41.0 Å². The molecule has 0 saturated carbocycles. The molecule has 1 aromatic carbocycles. The number of hydrogen-bond donors (Lipinski definition) is 1. The predicted octanol–water partition coefficient (Wildman–Crippen LogP) is 2.58. The summed E-state index contributed by atoms with van der Waals surface area (Å²) in [6, 6.07) is 11.8. The molecule has 0 unspecified atom stereocenters. The van der Waals surface area contributed by atoms with Crippen molar-refractivity contribution in [1.82, 2.24) is 0 Å². The summed E-state index contributed by atoms with van der Waals surface area (Å²) in [6.45, 7) is 2.57. The van der Waals surface area contributed by atoms with Crippen LogP contribution >= 0.6 is 0 Å². The third-order valence-electron chi connectivity index (χ3n) is 3.09. The molecule has 18 heavy (non-hydrogen) atoms. The van der Waals surface area contributed by atoms with E-state index in [0.29, 0.717) is 5.56 Å². The predicted molar refractivity (Wildman–Crippen MR) is 69.4 cm³/mol. The van der Waals surface area contributed by atoms with Crippen LogP contribution in [0.2, 0.25) is 0 Å².